The lowest BCUT2D eigenvalue weighted by Gasteiger charge is -2.29. The van der Waals surface area contributed by atoms with Crippen LogP contribution in [0.1, 0.15) is 13.8 Å². The highest BCUT2D eigenvalue weighted by atomic mass is 79.9. The van der Waals surface area contributed by atoms with Crippen LogP contribution in [0, 0.1) is 0 Å². The Morgan fingerprint density at radius 2 is 2.00 bits per heavy atom. The smallest absolute Gasteiger partial charge is 0.175 e. The summed E-state index contributed by atoms with van der Waals surface area (Å²) in [5.74, 6) is 0.589. The molecule has 2 rings (SSSR count). The van der Waals surface area contributed by atoms with Gasteiger partial charge in [-0.25, -0.2) is 13.4 Å². The summed E-state index contributed by atoms with van der Waals surface area (Å²) < 4.78 is 29.2. The summed E-state index contributed by atoms with van der Waals surface area (Å²) in [7, 11) is -3.22. The molecule has 0 unspecified atom stereocenters. The highest BCUT2D eigenvalue weighted by Gasteiger charge is 2.31. The van der Waals surface area contributed by atoms with Crippen molar-refractivity contribution in [2.45, 2.75) is 24.3 Å². The van der Waals surface area contributed by atoms with Gasteiger partial charge in [0.15, 0.2) is 15.4 Å². The number of aliphatic imine (C=N–C) groups is 1. The molecule has 0 amide bonds. The minimum absolute atomic E-state index is 0.239. The molecule has 0 N–H and O–H groups in total. The summed E-state index contributed by atoms with van der Waals surface area (Å²) in [5, 5.41) is 0. The van der Waals surface area contributed by atoms with E-state index < -0.39 is 15.4 Å². The number of fused-ring (bicyclic) bond motifs is 1. The lowest BCUT2D eigenvalue weighted by molar-refractivity contribution is 0.183. The van der Waals surface area contributed by atoms with Gasteiger partial charge in [-0.2, -0.15) is 0 Å². The monoisotopic (exact) mass is 317 g/mol. The Labute approximate surface area is 109 Å². The van der Waals surface area contributed by atoms with E-state index in [0.29, 0.717) is 16.1 Å². The molecule has 0 saturated heterocycles. The second-order valence-electron chi connectivity index (χ2n) is 4.42. The van der Waals surface area contributed by atoms with Crippen molar-refractivity contribution < 1.29 is 13.2 Å². The van der Waals surface area contributed by atoms with Gasteiger partial charge in [-0.15, -0.1) is 0 Å². The molecule has 92 valence electrons. The molecule has 6 heteroatoms. The number of rotatable bonds is 1. The van der Waals surface area contributed by atoms with Gasteiger partial charge in [-0.05, 0) is 48.0 Å². The molecule has 1 heterocycles. The minimum atomic E-state index is -3.22. The van der Waals surface area contributed by atoms with E-state index in [0.717, 1.165) is 0 Å². The van der Waals surface area contributed by atoms with Gasteiger partial charge < -0.3 is 4.74 Å². The Morgan fingerprint density at radius 1 is 1.35 bits per heavy atom. The van der Waals surface area contributed by atoms with Crippen LogP contribution in [0.25, 0.3) is 0 Å². The van der Waals surface area contributed by atoms with Crippen LogP contribution in [0.2, 0.25) is 0 Å². The quantitative estimate of drug-likeness (QED) is 0.800. The highest BCUT2D eigenvalue weighted by molar-refractivity contribution is 9.18. The first-order chi connectivity index (χ1) is 7.70. The second kappa shape index (κ2) is 3.81. The Hall–Kier alpha value is -0.880. The molecule has 1 aromatic rings. The lowest BCUT2D eigenvalue weighted by atomic mass is 10.1. The van der Waals surface area contributed by atoms with E-state index in [1.807, 2.05) is 13.8 Å². The maximum absolute atomic E-state index is 11.4. The van der Waals surface area contributed by atoms with Gasteiger partial charge in [0, 0.05) is 6.26 Å². The third kappa shape index (κ3) is 2.37. The van der Waals surface area contributed by atoms with Crippen molar-refractivity contribution in [1.82, 2.24) is 0 Å². The van der Waals surface area contributed by atoms with E-state index in [1.165, 1.54) is 18.4 Å². The van der Waals surface area contributed by atoms with E-state index in [2.05, 4.69) is 20.9 Å². The summed E-state index contributed by atoms with van der Waals surface area (Å²) in [5.41, 5.74) is -0.00120. The molecule has 1 aromatic carbocycles. The van der Waals surface area contributed by atoms with Gasteiger partial charge in [0.2, 0.25) is 0 Å². The number of halogens is 1. The van der Waals surface area contributed by atoms with Gasteiger partial charge in [-0.3, -0.25) is 0 Å². The van der Waals surface area contributed by atoms with Gasteiger partial charge in [0.25, 0.3) is 0 Å². The van der Waals surface area contributed by atoms with Gasteiger partial charge in [0.05, 0.1) is 4.90 Å². The summed E-state index contributed by atoms with van der Waals surface area (Å²) in [6.07, 6.45) is 1.17. The van der Waals surface area contributed by atoms with Crippen LogP contribution in [0.3, 0.4) is 0 Å². The van der Waals surface area contributed by atoms with Crippen LogP contribution in [-0.4, -0.2) is 24.9 Å². The van der Waals surface area contributed by atoms with Gasteiger partial charge in [-0.1, -0.05) is 0 Å². The van der Waals surface area contributed by atoms with Crippen LogP contribution >= 0.6 is 15.9 Å². The van der Waals surface area contributed by atoms with E-state index in [1.54, 1.807) is 6.07 Å². The minimum Gasteiger partial charge on any atom is -0.479 e. The van der Waals surface area contributed by atoms with Crippen molar-refractivity contribution in [2.75, 3.05) is 6.26 Å². The largest absolute Gasteiger partial charge is 0.479 e. The predicted molar refractivity (Wildman–Crippen MR) is 70.3 cm³/mol. The normalized spacial score (nSPS) is 18.0. The molecule has 0 aliphatic carbocycles. The molecule has 0 atom stereocenters. The number of ether oxygens (including phenoxy) is 1. The topological polar surface area (TPSA) is 55.7 Å². The number of sulfone groups is 1. The van der Waals surface area contributed by atoms with Crippen LogP contribution < -0.4 is 4.74 Å². The molecular weight excluding hydrogens is 306 g/mol. The Bertz CT molecular complexity index is 605. The van der Waals surface area contributed by atoms with E-state index >= 15 is 0 Å². The standard InChI is InChI=1S/C11H12BrNO3S/c1-11(2)10(12)13-8-6-7(17(3,14)15)4-5-9(8)16-11/h4-6H,1-3H3. The van der Waals surface area contributed by atoms with Gasteiger partial charge >= 0.3 is 0 Å². The zero-order chi connectivity index (χ0) is 12.8. The summed E-state index contributed by atoms with van der Waals surface area (Å²) >= 11 is 3.33. The van der Waals surface area contributed by atoms with Crippen molar-refractivity contribution in [2.24, 2.45) is 4.99 Å². The van der Waals surface area contributed by atoms with Crippen molar-refractivity contribution in [3.63, 3.8) is 0 Å². The van der Waals surface area contributed by atoms with Crippen LogP contribution in [0.4, 0.5) is 5.69 Å². The summed E-state index contributed by atoms with van der Waals surface area (Å²) in [6, 6.07) is 4.68. The fraction of sp³-hybridized carbons (Fsp3) is 0.364. The van der Waals surface area contributed by atoms with Crippen LogP contribution in [0.5, 0.6) is 5.75 Å². The average molecular weight is 318 g/mol. The number of benzene rings is 1. The fourth-order valence-corrected chi connectivity index (χ4v) is 2.37. The first-order valence-electron chi connectivity index (χ1n) is 4.98. The van der Waals surface area contributed by atoms with E-state index in [-0.39, 0.29) is 4.90 Å². The summed E-state index contributed by atoms with van der Waals surface area (Å²) in [4.78, 5) is 4.56. The summed E-state index contributed by atoms with van der Waals surface area (Å²) in [6.45, 7) is 3.77. The van der Waals surface area contributed by atoms with Crippen molar-refractivity contribution in [3.05, 3.63) is 18.2 Å². The van der Waals surface area contributed by atoms with Crippen molar-refractivity contribution in [3.8, 4) is 5.75 Å². The molecule has 1 aliphatic rings. The maximum atomic E-state index is 11.4. The number of hydrogen-bond donors (Lipinski definition) is 0. The zero-order valence-corrected chi connectivity index (χ0v) is 12.1. The van der Waals surface area contributed by atoms with Gasteiger partial charge in [0.1, 0.15) is 16.1 Å². The molecule has 1 aliphatic heterocycles. The van der Waals surface area contributed by atoms with Crippen LogP contribution in [0.15, 0.2) is 28.1 Å². The Balaban J connectivity index is 2.57. The van der Waals surface area contributed by atoms with Crippen molar-refractivity contribution >= 4 is 36.1 Å². The van der Waals surface area contributed by atoms with Crippen LogP contribution in [-0.2, 0) is 9.84 Å². The Morgan fingerprint density at radius 3 is 2.59 bits per heavy atom. The first kappa shape index (κ1) is 12.6. The fourth-order valence-electron chi connectivity index (χ4n) is 1.46. The van der Waals surface area contributed by atoms with E-state index in [4.69, 9.17) is 4.74 Å². The molecule has 0 saturated carbocycles. The van der Waals surface area contributed by atoms with Crippen molar-refractivity contribution in [1.29, 1.82) is 0 Å². The molecule has 0 radical (unpaired) electrons. The number of nitrogens with zero attached hydrogens (tertiary/aromatic N) is 1. The molecule has 17 heavy (non-hydrogen) atoms. The SMILES string of the molecule is CC1(C)Oc2ccc(S(C)(=O)=O)cc2N=C1Br. The highest BCUT2D eigenvalue weighted by Crippen LogP contribution is 2.38. The second-order valence-corrected chi connectivity index (χ2v) is 7.18. The molecular formula is C11H12BrNO3S. The maximum Gasteiger partial charge on any atom is 0.175 e. The lowest BCUT2D eigenvalue weighted by Crippen LogP contribution is -2.36. The predicted octanol–water partition coefficient (Wildman–Crippen LogP) is 2.69. The van der Waals surface area contributed by atoms with E-state index in [9.17, 15) is 8.42 Å². The zero-order valence-electron chi connectivity index (χ0n) is 9.69. The number of hydrogen-bond acceptors (Lipinski definition) is 4. The molecule has 0 bridgehead atoms. The third-order valence-corrected chi connectivity index (χ3v) is 4.68. The Kier molecular flexibility index (Phi) is 2.82. The molecule has 4 nitrogen and oxygen atoms in total. The molecule has 0 aromatic heterocycles. The average Bonchev–Trinajstić information content (AvgIpc) is 2.17. The molecule has 0 spiro atoms. The third-order valence-electron chi connectivity index (χ3n) is 2.44. The first-order valence-corrected chi connectivity index (χ1v) is 7.66. The molecule has 0 fully saturated rings.